The molecule has 0 unspecified atom stereocenters. The van der Waals surface area contributed by atoms with Crippen LogP contribution in [0.2, 0.25) is 5.02 Å². The van der Waals surface area contributed by atoms with Crippen molar-refractivity contribution in [2.24, 2.45) is 0 Å². The van der Waals surface area contributed by atoms with Crippen LogP contribution in [0.25, 0.3) is 10.9 Å². The molecule has 0 bridgehead atoms. The van der Waals surface area contributed by atoms with Crippen LogP contribution in [-0.2, 0) is 0 Å². The molecule has 0 aliphatic carbocycles. The van der Waals surface area contributed by atoms with Crippen LogP contribution in [0.15, 0.2) is 30.3 Å². The molecule has 0 atom stereocenters. The molecule has 3 nitrogen and oxygen atoms in total. The molecule has 1 fully saturated rings. The highest BCUT2D eigenvalue weighted by molar-refractivity contribution is 6.31. The first kappa shape index (κ1) is 9.87. The highest BCUT2D eigenvalue weighted by atomic mass is 35.5. The zero-order valence-corrected chi connectivity index (χ0v) is 9.35. The van der Waals surface area contributed by atoms with E-state index in [0.29, 0.717) is 13.1 Å². The van der Waals surface area contributed by atoms with Crippen LogP contribution in [0.4, 0.5) is 5.82 Å². The van der Waals surface area contributed by atoms with Gasteiger partial charge in [-0.2, -0.15) is 0 Å². The van der Waals surface area contributed by atoms with Gasteiger partial charge in [0.15, 0.2) is 0 Å². The quantitative estimate of drug-likeness (QED) is 0.821. The van der Waals surface area contributed by atoms with Gasteiger partial charge in [0, 0.05) is 23.5 Å². The fourth-order valence-electron chi connectivity index (χ4n) is 1.90. The molecule has 1 aromatic heterocycles. The normalized spacial score (nSPS) is 16.5. The summed E-state index contributed by atoms with van der Waals surface area (Å²) in [5.74, 6) is 0.917. The van der Waals surface area contributed by atoms with E-state index in [4.69, 9.17) is 11.6 Å². The first-order chi connectivity index (χ1) is 7.72. The van der Waals surface area contributed by atoms with Gasteiger partial charge in [-0.25, -0.2) is 4.98 Å². The lowest BCUT2D eigenvalue weighted by Crippen LogP contribution is -2.51. The Kier molecular flexibility index (Phi) is 2.23. The van der Waals surface area contributed by atoms with Crippen molar-refractivity contribution >= 4 is 28.3 Å². The molecule has 16 heavy (non-hydrogen) atoms. The topological polar surface area (TPSA) is 36.4 Å². The summed E-state index contributed by atoms with van der Waals surface area (Å²) in [6, 6.07) is 9.63. The molecule has 0 spiro atoms. The number of hydrogen-bond acceptors (Lipinski definition) is 3. The maximum Gasteiger partial charge on any atom is 0.129 e. The largest absolute Gasteiger partial charge is 0.389 e. The number of rotatable bonds is 1. The summed E-state index contributed by atoms with van der Waals surface area (Å²) < 4.78 is 0. The van der Waals surface area contributed by atoms with Crippen molar-refractivity contribution in [2.75, 3.05) is 18.0 Å². The van der Waals surface area contributed by atoms with E-state index < -0.39 is 0 Å². The maximum absolute atomic E-state index is 9.24. The van der Waals surface area contributed by atoms with Gasteiger partial charge in [-0.15, -0.1) is 0 Å². The number of β-amino-alcohol motifs (C(OH)–C–C–N with tert-alkyl or cyclic N) is 1. The Labute approximate surface area is 98.3 Å². The predicted octanol–water partition coefficient (Wildman–Crippen LogP) is 2.07. The van der Waals surface area contributed by atoms with Gasteiger partial charge < -0.3 is 10.0 Å². The fourth-order valence-corrected chi connectivity index (χ4v) is 2.08. The van der Waals surface area contributed by atoms with Crippen molar-refractivity contribution in [3.63, 3.8) is 0 Å². The van der Waals surface area contributed by atoms with Gasteiger partial charge in [-0.05, 0) is 30.3 Å². The fraction of sp³-hybridized carbons (Fsp3) is 0.250. The molecule has 1 N–H and O–H groups in total. The Morgan fingerprint density at radius 3 is 2.81 bits per heavy atom. The third-order valence-corrected chi connectivity index (χ3v) is 3.06. The van der Waals surface area contributed by atoms with Gasteiger partial charge in [0.2, 0.25) is 0 Å². The third-order valence-electron chi connectivity index (χ3n) is 2.82. The number of halogens is 1. The van der Waals surface area contributed by atoms with Crippen LogP contribution >= 0.6 is 11.6 Å². The van der Waals surface area contributed by atoms with E-state index in [1.807, 2.05) is 30.3 Å². The van der Waals surface area contributed by atoms with Crippen molar-refractivity contribution in [1.82, 2.24) is 4.98 Å². The Balaban J connectivity index is 2.00. The summed E-state index contributed by atoms with van der Waals surface area (Å²) in [6.07, 6.45) is -0.206. The molecule has 3 rings (SSSR count). The summed E-state index contributed by atoms with van der Waals surface area (Å²) in [7, 11) is 0. The van der Waals surface area contributed by atoms with Gasteiger partial charge in [-0.1, -0.05) is 11.6 Å². The summed E-state index contributed by atoms with van der Waals surface area (Å²) >= 11 is 5.91. The highest BCUT2D eigenvalue weighted by Gasteiger charge is 2.25. The minimum atomic E-state index is -0.206. The number of nitrogens with zero attached hydrogens (tertiary/aromatic N) is 2. The van der Waals surface area contributed by atoms with E-state index in [1.165, 1.54) is 0 Å². The molecular weight excluding hydrogens is 224 g/mol. The van der Waals surface area contributed by atoms with E-state index in [9.17, 15) is 5.11 Å². The van der Waals surface area contributed by atoms with E-state index >= 15 is 0 Å². The molecule has 1 aliphatic heterocycles. The Morgan fingerprint density at radius 2 is 2.06 bits per heavy atom. The van der Waals surface area contributed by atoms with Gasteiger partial charge in [0.25, 0.3) is 0 Å². The summed E-state index contributed by atoms with van der Waals surface area (Å²) in [5, 5.41) is 11.0. The number of aromatic nitrogens is 1. The van der Waals surface area contributed by atoms with Crippen LogP contribution in [0.1, 0.15) is 0 Å². The van der Waals surface area contributed by atoms with Gasteiger partial charge in [-0.3, -0.25) is 0 Å². The standard InChI is InChI=1S/C12H11ClN2O/c13-9-2-3-11-8(5-9)1-4-12(14-11)15-6-10(16)7-15/h1-5,10,16H,6-7H2. The Bertz CT molecular complexity index is 538. The van der Waals surface area contributed by atoms with Crippen LogP contribution in [0.5, 0.6) is 0 Å². The number of fused-ring (bicyclic) bond motifs is 1. The molecular formula is C12H11ClN2O. The van der Waals surface area contributed by atoms with Crippen molar-refractivity contribution < 1.29 is 5.11 Å². The molecule has 2 aromatic rings. The molecule has 0 amide bonds. The van der Waals surface area contributed by atoms with Gasteiger partial charge >= 0.3 is 0 Å². The number of benzene rings is 1. The second-order valence-electron chi connectivity index (χ2n) is 4.07. The SMILES string of the molecule is OC1CN(c2ccc3cc(Cl)ccc3n2)C1. The number of anilines is 1. The molecule has 2 heterocycles. The van der Waals surface area contributed by atoms with Gasteiger partial charge in [0.1, 0.15) is 5.82 Å². The van der Waals surface area contributed by atoms with Crippen LogP contribution in [-0.4, -0.2) is 29.3 Å². The average Bonchev–Trinajstić information content (AvgIpc) is 2.24. The smallest absolute Gasteiger partial charge is 0.129 e. The number of aliphatic hydroxyl groups is 1. The first-order valence-electron chi connectivity index (χ1n) is 5.22. The van der Waals surface area contributed by atoms with Crippen LogP contribution < -0.4 is 4.90 Å². The lowest BCUT2D eigenvalue weighted by atomic mass is 10.1. The lowest BCUT2D eigenvalue weighted by Gasteiger charge is -2.36. The van der Waals surface area contributed by atoms with Crippen molar-refractivity contribution in [1.29, 1.82) is 0 Å². The van der Waals surface area contributed by atoms with Crippen LogP contribution in [0.3, 0.4) is 0 Å². The molecule has 1 aromatic carbocycles. The predicted molar refractivity (Wildman–Crippen MR) is 65.0 cm³/mol. The highest BCUT2D eigenvalue weighted by Crippen LogP contribution is 2.23. The molecule has 0 radical (unpaired) electrons. The third kappa shape index (κ3) is 1.62. The molecule has 1 saturated heterocycles. The lowest BCUT2D eigenvalue weighted by molar-refractivity contribution is 0.141. The molecule has 0 saturated carbocycles. The number of hydrogen-bond donors (Lipinski definition) is 1. The zero-order valence-electron chi connectivity index (χ0n) is 8.60. The minimum Gasteiger partial charge on any atom is -0.389 e. The van der Waals surface area contributed by atoms with E-state index in [0.717, 1.165) is 21.7 Å². The number of pyridine rings is 1. The number of aliphatic hydroxyl groups excluding tert-OH is 1. The van der Waals surface area contributed by atoms with Crippen LogP contribution in [0, 0.1) is 0 Å². The molecule has 82 valence electrons. The Hall–Kier alpha value is -1.32. The first-order valence-corrected chi connectivity index (χ1v) is 5.59. The van der Waals surface area contributed by atoms with Crippen molar-refractivity contribution in [3.8, 4) is 0 Å². The molecule has 1 aliphatic rings. The summed E-state index contributed by atoms with van der Waals surface area (Å²) in [5.41, 5.74) is 0.934. The maximum atomic E-state index is 9.24. The minimum absolute atomic E-state index is 0.206. The second kappa shape index (κ2) is 3.61. The van der Waals surface area contributed by atoms with E-state index in [2.05, 4.69) is 9.88 Å². The van der Waals surface area contributed by atoms with Crippen molar-refractivity contribution in [3.05, 3.63) is 35.4 Å². The second-order valence-corrected chi connectivity index (χ2v) is 4.50. The Morgan fingerprint density at radius 1 is 1.25 bits per heavy atom. The van der Waals surface area contributed by atoms with E-state index in [1.54, 1.807) is 0 Å². The monoisotopic (exact) mass is 234 g/mol. The summed E-state index contributed by atoms with van der Waals surface area (Å²) in [4.78, 5) is 6.58. The zero-order chi connectivity index (χ0) is 11.1. The van der Waals surface area contributed by atoms with E-state index in [-0.39, 0.29) is 6.10 Å². The average molecular weight is 235 g/mol. The molecule has 4 heteroatoms. The van der Waals surface area contributed by atoms with Crippen molar-refractivity contribution in [2.45, 2.75) is 6.10 Å². The summed E-state index contributed by atoms with van der Waals surface area (Å²) in [6.45, 7) is 1.35. The van der Waals surface area contributed by atoms with Gasteiger partial charge in [0.05, 0.1) is 11.6 Å².